The summed E-state index contributed by atoms with van der Waals surface area (Å²) in [6.45, 7) is 8.43. The van der Waals surface area contributed by atoms with Gasteiger partial charge in [0.05, 0.1) is 19.3 Å². The van der Waals surface area contributed by atoms with Crippen LogP contribution in [0.2, 0.25) is 0 Å². The average molecular weight is 390 g/mol. The number of nitrogens with one attached hydrogen (secondary N) is 3. The number of methoxy groups -OCH3 is 1. The molecule has 0 aliphatic rings. The van der Waals surface area contributed by atoms with Crippen molar-refractivity contribution in [1.29, 1.82) is 0 Å². The highest BCUT2D eigenvalue weighted by Crippen LogP contribution is 2.16. The first-order chi connectivity index (χ1) is 13.0. The molecule has 1 aromatic heterocycles. The van der Waals surface area contributed by atoms with E-state index in [-0.39, 0.29) is 5.91 Å². The van der Waals surface area contributed by atoms with Gasteiger partial charge in [-0.05, 0) is 39.0 Å². The first-order valence-electron chi connectivity index (χ1n) is 8.90. The first kappa shape index (κ1) is 20.7. The summed E-state index contributed by atoms with van der Waals surface area (Å²) in [5.74, 6) is 1.24. The number of aliphatic imine (C=N–C) groups is 1. The molecule has 1 aromatic carbocycles. The standard InChI is InChI=1S/C19H27N5O2S/c1-5-20-19(23-12-17-24-13(2)14(3)27-17)22-10-9-21-18(25)15-7-6-8-16(11-15)26-4/h6-8,11H,5,9-10,12H2,1-4H3,(H,21,25)(H2,20,22,23). The number of nitrogens with zero attached hydrogens (tertiary/aromatic N) is 2. The molecule has 0 spiro atoms. The molecule has 0 saturated heterocycles. The quantitative estimate of drug-likeness (QED) is 0.366. The Labute approximate surface area is 164 Å². The van der Waals surface area contributed by atoms with Crippen molar-refractivity contribution in [2.75, 3.05) is 26.7 Å². The molecule has 146 valence electrons. The maximum atomic E-state index is 12.2. The van der Waals surface area contributed by atoms with E-state index in [1.54, 1.807) is 36.6 Å². The number of carbonyl (C=O) groups is 1. The van der Waals surface area contributed by atoms with Gasteiger partial charge >= 0.3 is 0 Å². The second-order valence-corrected chi connectivity index (χ2v) is 7.15. The molecule has 0 bridgehead atoms. The van der Waals surface area contributed by atoms with E-state index in [4.69, 9.17) is 4.74 Å². The minimum Gasteiger partial charge on any atom is -0.497 e. The smallest absolute Gasteiger partial charge is 0.251 e. The first-order valence-corrected chi connectivity index (χ1v) is 9.72. The van der Waals surface area contributed by atoms with Crippen LogP contribution in [0.25, 0.3) is 0 Å². The van der Waals surface area contributed by atoms with Crippen LogP contribution in [0, 0.1) is 13.8 Å². The number of rotatable bonds is 8. The zero-order valence-electron chi connectivity index (χ0n) is 16.3. The van der Waals surface area contributed by atoms with E-state index in [1.165, 1.54) is 4.88 Å². The lowest BCUT2D eigenvalue weighted by atomic mass is 10.2. The summed E-state index contributed by atoms with van der Waals surface area (Å²) >= 11 is 1.67. The number of hydrogen-bond donors (Lipinski definition) is 3. The Morgan fingerprint density at radius 1 is 1.22 bits per heavy atom. The number of aryl methyl sites for hydroxylation is 2. The predicted molar refractivity (Wildman–Crippen MR) is 110 cm³/mol. The molecule has 0 radical (unpaired) electrons. The number of carbonyl (C=O) groups excluding carboxylic acids is 1. The highest BCUT2D eigenvalue weighted by atomic mass is 32.1. The van der Waals surface area contributed by atoms with Gasteiger partial charge in [0, 0.05) is 30.1 Å². The van der Waals surface area contributed by atoms with E-state index in [9.17, 15) is 4.79 Å². The van der Waals surface area contributed by atoms with Crippen LogP contribution < -0.4 is 20.7 Å². The van der Waals surface area contributed by atoms with Crippen LogP contribution in [0.1, 0.15) is 32.9 Å². The molecular weight excluding hydrogens is 362 g/mol. The number of hydrogen-bond acceptors (Lipinski definition) is 5. The molecule has 0 atom stereocenters. The van der Waals surface area contributed by atoms with Gasteiger partial charge in [0.25, 0.3) is 5.91 Å². The zero-order chi connectivity index (χ0) is 19.6. The Kier molecular flexibility index (Phi) is 8.06. The molecule has 0 aliphatic heterocycles. The molecule has 0 fully saturated rings. The number of ether oxygens (including phenoxy) is 1. The molecule has 3 N–H and O–H groups in total. The van der Waals surface area contributed by atoms with Crippen molar-refractivity contribution in [3.05, 3.63) is 45.4 Å². The molecule has 0 unspecified atom stereocenters. The van der Waals surface area contributed by atoms with Gasteiger partial charge in [0.15, 0.2) is 5.96 Å². The second-order valence-electron chi connectivity index (χ2n) is 5.86. The topological polar surface area (TPSA) is 87.6 Å². The third kappa shape index (κ3) is 6.56. The number of aromatic nitrogens is 1. The van der Waals surface area contributed by atoms with Crippen molar-refractivity contribution < 1.29 is 9.53 Å². The molecule has 0 saturated carbocycles. The summed E-state index contributed by atoms with van der Waals surface area (Å²) in [4.78, 5) is 22.4. The van der Waals surface area contributed by atoms with Crippen LogP contribution in [0.3, 0.4) is 0 Å². The molecule has 1 heterocycles. The normalized spacial score (nSPS) is 11.2. The Morgan fingerprint density at radius 3 is 2.67 bits per heavy atom. The fourth-order valence-electron chi connectivity index (χ4n) is 2.32. The summed E-state index contributed by atoms with van der Waals surface area (Å²) in [7, 11) is 1.58. The van der Waals surface area contributed by atoms with Gasteiger partial charge < -0.3 is 20.7 Å². The molecule has 8 heteroatoms. The van der Waals surface area contributed by atoms with E-state index in [1.807, 2.05) is 19.9 Å². The van der Waals surface area contributed by atoms with Gasteiger partial charge in [0.2, 0.25) is 0 Å². The lowest BCUT2D eigenvalue weighted by molar-refractivity contribution is 0.0954. The number of amides is 1. The third-order valence-electron chi connectivity index (χ3n) is 3.82. The Bertz CT molecular complexity index is 769. The minimum atomic E-state index is -0.133. The second kappa shape index (κ2) is 10.5. The van der Waals surface area contributed by atoms with Crippen molar-refractivity contribution in [2.45, 2.75) is 27.3 Å². The lowest BCUT2D eigenvalue weighted by Crippen LogP contribution is -2.41. The SMILES string of the molecule is CCNC(=NCc1nc(C)c(C)s1)NCCNC(=O)c1cccc(OC)c1. The highest BCUT2D eigenvalue weighted by molar-refractivity contribution is 7.11. The molecule has 7 nitrogen and oxygen atoms in total. The predicted octanol–water partition coefficient (Wildman–Crippen LogP) is 2.25. The van der Waals surface area contributed by atoms with Gasteiger partial charge in [-0.1, -0.05) is 6.07 Å². The molecule has 0 aliphatic carbocycles. The van der Waals surface area contributed by atoms with Crippen molar-refractivity contribution in [3.8, 4) is 5.75 Å². The van der Waals surface area contributed by atoms with Crippen molar-refractivity contribution in [3.63, 3.8) is 0 Å². The highest BCUT2D eigenvalue weighted by Gasteiger charge is 2.07. The van der Waals surface area contributed by atoms with Crippen molar-refractivity contribution >= 4 is 23.2 Å². The number of thiazole rings is 1. The summed E-state index contributed by atoms with van der Waals surface area (Å²) in [5, 5.41) is 10.3. The van der Waals surface area contributed by atoms with E-state index >= 15 is 0 Å². The zero-order valence-corrected chi connectivity index (χ0v) is 17.1. The summed E-state index contributed by atoms with van der Waals surface area (Å²) < 4.78 is 5.14. The maximum absolute atomic E-state index is 12.2. The van der Waals surface area contributed by atoms with Crippen LogP contribution in [-0.2, 0) is 6.54 Å². The van der Waals surface area contributed by atoms with Gasteiger partial charge in [-0.2, -0.15) is 0 Å². The van der Waals surface area contributed by atoms with Crippen molar-refractivity contribution in [1.82, 2.24) is 20.9 Å². The largest absolute Gasteiger partial charge is 0.497 e. The van der Waals surface area contributed by atoms with Crippen LogP contribution in [-0.4, -0.2) is 43.6 Å². The Hall–Kier alpha value is -2.61. The van der Waals surface area contributed by atoms with Crippen LogP contribution in [0.15, 0.2) is 29.3 Å². The molecular formula is C19H27N5O2S. The Morgan fingerprint density at radius 2 is 2.00 bits per heavy atom. The molecule has 2 aromatic rings. The van der Waals surface area contributed by atoms with Gasteiger partial charge in [0.1, 0.15) is 10.8 Å². The minimum absolute atomic E-state index is 0.133. The maximum Gasteiger partial charge on any atom is 0.251 e. The van der Waals surface area contributed by atoms with E-state index < -0.39 is 0 Å². The van der Waals surface area contributed by atoms with Gasteiger partial charge in [-0.3, -0.25) is 4.79 Å². The van der Waals surface area contributed by atoms with Gasteiger partial charge in [-0.15, -0.1) is 11.3 Å². The molecule has 2 rings (SSSR count). The van der Waals surface area contributed by atoms with E-state index in [0.717, 1.165) is 17.2 Å². The molecule has 27 heavy (non-hydrogen) atoms. The number of guanidine groups is 1. The fraction of sp³-hybridized carbons (Fsp3) is 0.421. The number of benzene rings is 1. The lowest BCUT2D eigenvalue weighted by Gasteiger charge is -2.12. The van der Waals surface area contributed by atoms with Crippen LogP contribution in [0.5, 0.6) is 5.75 Å². The monoisotopic (exact) mass is 389 g/mol. The van der Waals surface area contributed by atoms with E-state index in [2.05, 4.69) is 32.9 Å². The summed E-state index contributed by atoms with van der Waals surface area (Å²) in [6, 6.07) is 7.08. The summed E-state index contributed by atoms with van der Waals surface area (Å²) in [6.07, 6.45) is 0. The fourth-order valence-corrected chi connectivity index (χ4v) is 3.18. The third-order valence-corrected chi connectivity index (χ3v) is 4.88. The Balaban J connectivity index is 1.81. The molecule has 1 amide bonds. The van der Waals surface area contributed by atoms with Crippen molar-refractivity contribution in [2.24, 2.45) is 4.99 Å². The van der Waals surface area contributed by atoms with Crippen LogP contribution >= 0.6 is 11.3 Å². The van der Waals surface area contributed by atoms with E-state index in [0.29, 0.717) is 36.9 Å². The average Bonchev–Trinajstić information content (AvgIpc) is 3.00. The van der Waals surface area contributed by atoms with Gasteiger partial charge in [-0.25, -0.2) is 9.98 Å². The van der Waals surface area contributed by atoms with Crippen LogP contribution in [0.4, 0.5) is 0 Å². The summed E-state index contributed by atoms with van der Waals surface area (Å²) in [5.41, 5.74) is 1.63.